The summed E-state index contributed by atoms with van der Waals surface area (Å²) in [4.78, 5) is 10.6. The number of carboxylic acid groups (broad SMARTS) is 1. The summed E-state index contributed by atoms with van der Waals surface area (Å²) in [6.07, 6.45) is 1.37. The lowest BCUT2D eigenvalue weighted by atomic mass is 10.1. The molecule has 0 spiro atoms. The minimum Gasteiger partial charge on any atom is -0.496 e. The summed E-state index contributed by atoms with van der Waals surface area (Å²) in [5, 5.41) is 9.30. The molecule has 1 aromatic rings. The van der Waals surface area contributed by atoms with Gasteiger partial charge in [-0.1, -0.05) is 18.2 Å². The Morgan fingerprint density at radius 1 is 1.44 bits per heavy atom. The van der Waals surface area contributed by atoms with Crippen LogP contribution < -0.4 is 0 Å². The van der Waals surface area contributed by atoms with Crippen molar-refractivity contribution in [2.45, 2.75) is 0 Å². The number of halogens is 1. The molecule has 0 heterocycles. The van der Waals surface area contributed by atoms with Gasteiger partial charge in [0.2, 0.25) is 0 Å². The molecule has 0 saturated heterocycles. The fraction of sp³-hybridized carbons (Fsp3) is 0.0833. The molecule has 0 aliphatic carbocycles. The average Bonchev–Trinajstić information content (AvgIpc) is 2.26. The zero-order valence-corrected chi connectivity index (χ0v) is 9.49. The second kappa shape index (κ2) is 5.37. The van der Waals surface area contributed by atoms with E-state index < -0.39 is 5.97 Å². The van der Waals surface area contributed by atoms with Crippen LogP contribution in [-0.4, -0.2) is 18.2 Å². The topological polar surface area (TPSA) is 46.5 Å². The van der Waals surface area contributed by atoms with Gasteiger partial charge in [-0.2, -0.15) is 0 Å². The molecule has 1 aromatic carbocycles. The number of benzene rings is 1. The third kappa shape index (κ3) is 3.14. The lowest BCUT2D eigenvalue weighted by molar-refractivity contribution is -0.132. The zero-order chi connectivity index (χ0) is 12.1. The van der Waals surface area contributed by atoms with Crippen molar-refractivity contribution in [3.05, 3.63) is 53.1 Å². The predicted molar refractivity (Wildman–Crippen MR) is 63.2 cm³/mol. The molecule has 0 radical (unpaired) electrons. The van der Waals surface area contributed by atoms with Crippen molar-refractivity contribution in [2.24, 2.45) is 0 Å². The lowest BCUT2D eigenvalue weighted by Crippen LogP contribution is -1.97. The molecule has 3 nitrogen and oxygen atoms in total. The summed E-state index contributed by atoms with van der Waals surface area (Å²) >= 11 is 5.74. The van der Waals surface area contributed by atoms with E-state index in [-0.39, 0.29) is 5.57 Å². The van der Waals surface area contributed by atoms with Gasteiger partial charge >= 0.3 is 5.97 Å². The van der Waals surface area contributed by atoms with Crippen LogP contribution in [0.5, 0.6) is 0 Å². The Hall–Kier alpha value is -1.74. The summed E-state index contributed by atoms with van der Waals surface area (Å²) in [6.45, 7) is 3.40. The molecule has 0 fully saturated rings. The Morgan fingerprint density at radius 2 is 2.00 bits per heavy atom. The van der Waals surface area contributed by atoms with Gasteiger partial charge in [-0.25, -0.2) is 4.79 Å². The molecule has 0 unspecified atom stereocenters. The van der Waals surface area contributed by atoms with Crippen molar-refractivity contribution in [1.82, 2.24) is 0 Å². The lowest BCUT2D eigenvalue weighted by Gasteiger charge is -2.06. The Morgan fingerprint density at radius 3 is 2.44 bits per heavy atom. The number of rotatable bonds is 4. The molecule has 0 amide bonds. The van der Waals surface area contributed by atoms with E-state index >= 15 is 0 Å². The van der Waals surface area contributed by atoms with Crippen molar-refractivity contribution in [3.63, 3.8) is 0 Å². The van der Waals surface area contributed by atoms with Gasteiger partial charge in [-0.05, 0) is 30.3 Å². The number of carbonyl (C=O) groups is 1. The van der Waals surface area contributed by atoms with E-state index in [0.29, 0.717) is 10.8 Å². The van der Waals surface area contributed by atoms with Gasteiger partial charge in [0, 0.05) is 10.6 Å². The highest BCUT2D eigenvalue weighted by atomic mass is 35.5. The second-order valence-electron chi connectivity index (χ2n) is 3.05. The zero-order valence-electron chi connectivity index (χ0n) is 8.74. The summed E-state index contributed by atoms with van der Waals surface area (Å²) in [7, 11) is 1.47. The highest BCUT2D eigenvalue weighted by Crippen LogP contribution is 2.19. The van der Waals surface area contributed by atoms with E-state index in [1.807, 2.05) is 0 Å². The van der Waals surface area contributed by atoms with Crippen molar-refractivity contribution in [3.8, 4) is 0 Å². The van der Waals surface area contributed by atoms with Crippen molar-refractivity contribution < 1.29 is 14.6 Å². The van der Waals surface area contributed by atoms with Gasteiger partial charge in [0.25, 0.3) is 0 Å². The minimum absolute atomic E-state index is 0.0354. The Bertz CT molecular complexity index is 432. The molecule has 16 heavy (non-hydrogen) atoms. The second-order valence-corrected chi connectivity index (χ2v) is 3.49. The first-order valence-electron chi connectivity index (χ1n) is 4.48. The first kappa shape index (κ1) is 12.3. The van der Waals surface area contributed by atoms with Gasteiger partial charge in [0.05, 0.1) is 12.7 Å². The van der Waals surface area contributed by atoms with Gasteiger partial charge in [0.15, 0.2) is 0 Å². The number of carboxylic acids is 1. The molecule has 1 N–H and O–H groups in total. The summed E-state index contributed by atoms with van der Waals surface area (Å²) < 4.78 is 5.09. The number of ether oxygens (including phenoxy) is 1. The number of methoxy groups -OCH3 is 1. The molecule has 0 saturated carbocycles. The fourth-order valence-electron chi connectivity index (χ4n) is 1.09. The van der Waals surface area contributed by atoms with Crippen molar-refractivity contribution in [2.75, 3.05) is 7.11 Å². The maximum atomic E-state index is 10.6. The Balaban J connectivity index is 3.03. The first-order chi connectivity index (χ1) is 7.54. The standard InChI is InChI=1S/C12H11ClO3/c1-8(12(14)15)7-11(16-2)9-3-5-10(13)6-4-9/h3-7H,1H2,2H3,(H,14,15)/b11-7-. The SMILES string of the molecule is C=C(/C=C(\OC)c1ccc(Cl)cc1)C(=O)O. The van der Waals surface area contributed by atoms with Crippen molar-refractivity contribution >= 4 is 23.3 Å². The summed E-state index contributed by atoms with van der Waals surface area (Å²) in [6, 6.07) is 6.89. The van der Waals surface area contributed by atoms with Crippen LogP contribution in [0.2, 0.25) is 5.02 Å². The molecular formula is C12H11ClO3. The summed E-state index contributed by atoms with van der Waals surface area (Å²) in [5.41, 5.74) is 0.709. The van der Waals surface area contributed by atoms with Crippen LogP contribution >= 0.6 is 11.6 Å². The maximum Gasteiger partial charge on any atom is 0.335 e. The van der Waals surface area contributed by atoms with E-state index in [1.165, 1.54) is 13.2 Å². The predicted octanol–water partition coefficient (Wildman–Crippen LogP) is 2.97. The molecule has 0 aliphatic rings. The fourth-order valence-corrected chi connectivity index (χ4v) is 1.22. The van der Waals surface area contributed by atoms with Gasteiger partial charge < -0.3 is 9.84 Å². The monoisotopic (exact) mass is 238 g/mol. The quantitative estimate of drug-likeness (QED) is 0.498. The van der Waals surface area contributed by atoms with Crippen molar-refractivity contribution in [1.29, 1.82) is 0 Å². The third-order valence-electron chi connectivity index (χ3n) is 1.93. The highest BCUT2D eigenvalue weighted by molar-refractivity contribution is 6.30. The Labute approximate surface area is 98.6 Å². The van der Waals surface area contributed by atoms with Gasteiger partial charge in [0.1, 0.15) is 5.76 Å². The molecule has 0 bridgehead atoms. The Kier molecular flexibility index (Phi) is 4.14. The van der Waals surface area contributed by atoms with Crippen LogP contribution in [0.25, 0.3) is 5.76 Å². The van der Waals surface area contributed by atoms with E-state index in [0.717, 1.165) is 5.56 Å². The van der Waals surface area contributed by atoms with E-state index in [4.69, 9.17) is 21.4 Å². The highest BCUT2D eigenvalue weighted by Gasteiger charge is 2.06. The summed E-state index contributed by atoms with van der Waals surface area (Å²) in [5.74, 6) is -0.646. The number of aliphatic carboxylic acids is 1. The van der Waals surface area contributed by atoms with Crippen LogP contribution in [0, 0.1) is 0 Å². The third-order valence-corrected chi connectivity index (χ3v) is 2.18. The maximum absolute atomic E-state index is 10.6. The minimum atomic E-state index is -1.08. The van der Waals surface area contributed by atoms with Crippen LogP contribution in [-0.2, 0) is 9.53 Å². The van der Waals surface area contributed by atoms with Crippen LogP contribution in [0.3, 0.4) is 0 Å². The van der Waals surface area contributed by atoms with Crippen LogP contribution in [0.1, 0.15) is 5.56 Å². The van der Waals surface area contributed by atoms with Crippen LogP contribution in [0.4, 0.5) is 0 Å². The average molecular weight is 239 g/mol. The molecule has 4 heteroatoms. The normalized spacial score (nSPS) is 11.0. The number of hydrogen-bond donors (Lipinski definition) is 1. The number of hydrogen-bond acceptors (Lipinski definition) is 2. The van der Waals surface area contributed by atoms with E-state index in [1.54, 1.807) is 24.3 Å². The van der Waals surface area contributed by atoms with Gasteiger partial charge in [-0.3, -0.25) is 0 Å². The molecule has 1 rings (SSSR count). The molecule has 0 atom stereocenters. The van der Waals surface area contributed by atoms with E-state index in [2.05, 4.69) is 6.58 Å². The molecule has 0 aliphatic heterocycles. The van der Waals surface area contributed by atoms with Crippen LogP contribution in [0.15, 0.2) is 42.5 Å². The smallest absolute Gasteiger partial charge is 0.335 e. The van der Waals surface area contributed by atoms with Gasteiger partial charge in [-0.15, -0.1) is 0 Å². The first-order valence-corrected chi connectivity index (χ1v) is 4.86. The van der Waals surface area contributed by atoms with E-state index in [9.17, 15) is 4.79 Å². The largest absolute Gasteiger partial charge is 0.496 e. The molecule has 0 aromatic heterocycles. The molecule has 84 valence electrons. The molecular weight excluding hydrogens is 228 g/mol.